The monoisotopic (exact) mass is 308 g/mol. The lowest BCUT2D eigenvalue weighted by Crippen LogP contribution is -2.23. The van der Waals surface area contributed by atoms with Crippen molar-refractivity contribution in [2.45, 2.75) is 13.1 Å². The van der Waals surface area contributed by atoms with Gasteiger partial charge in [0.05, 0.1) is 12.1 Å². The zero-order chi connectivity index (χ0) is 16.2. The largest absolute Gasteiger partial charge is 0.418 e. The first kappa shape index (κ1) is 15.9. The van der Waals surface area contributed by atoms with E-state index in [1.807, 2.05) is 19.1 Å². The number of nitrogens with one attached hydrogen (secondary N) is 2. The van der Waals surface area contributed by atoms with Gasteiger partial charge in [-0.3, -0.25) is 4.79 Å². The van der Waals surface area contributed by atoms with Gasteiger partial charge in [0.1, 0.15) is 0 Å². The number of alkyl halides is 3. The summed E-state index contributed by atoms with van der Waals surface area (Å²) in [7, 11) is 0. The van der Waals surface area contributed by atoms with Crippen LogP contribution < -0.4 is 10.6 Å². The third-order valence-corrected chi connectivity index (χ3v) is 3.09. The van der Waals surface area contributed by atoms with Crippen molar-refractivity contribution in [3.63, 3.8) is 0 Å². The normalized spacial score (nSPS) is 11.1. The van der Waals surface area contributed by atoms with Crippen LogP contribution in [0.1, 0.15) is 11.1 Å². The highest BCUT2D eigenvalue weighted by atomic mass is 19.4. The van der Waals surface area contributed by atoms with E-state index >= 15 is 0 Å². The van der Waals surface area contributed by atoms with Gasteiger partial charge in [-0.05, 0) is 30.7 Å². The Hall–Kier alpha value is -2.50. The van der Waals surface area contributed by atoms with Crippen molar-refractivity contribution >= 4 is 17.3 Å². The average Bonchev–Trinajstić information content (AvgIpc) is 2.47. The number of halogens is 3. The molecule has 6 heteroatoms. The lowest BCUT2D eigenvalue weighted by molar-refractivity contribution is -0.137. The summed E-state index contributed by atoms with van der Waals surface area (Å²) in [6.07, 6.45) is -4.46. The van der Waals surface area contributed by atoms with Crippen LogP contribution in [-0.4, -0.2) is 12.5 Å². The van der Waals surface area contributed by atoms with Crippen LogP contribution in [0, 0.1) is 6.92 Å². The van der Waals surface area contributed by atoms with E-state index in [-0.39, 0.29) is 12.2 Å². The molecule has 22 heavy (non-hydrogen) atoms. The number of carbonyl (C=O) groups excluding carboxylic acids is 1. The van der Waals surface area contributed by atoms with Crippen molar-refractivity contribution in [3.8, 4) is 0 Å². The van der Waals surface area contributed by atoms with Gasteiger partial charge >= 0.3 is 6.18 Å². The van der Waals surface area contributed by atoms with Crippen LogP contribution in [0.25, 0.3) is 0 Å². The molecule has 0 saturated carbocycles. The number of para-hydroxylation sites is 2. The summed E-state index contributed by atoms with van der Waals surface area (Å²) in [6.45, 7) is 1.59. The third-order valence-electron chi connectivity index (χ3n) is 3.09. The van der Waals surface area contributed by atoms with Gasteiger partial charge in [-0.1, -0.05) is 30.3 Å². The minimum atomic E-state index is -4.46. The zero-order valence-electron chi connectivity index (χ0n) is 11.9. The van der Waals surface area contributed by atoms with Crippen LogP contribution >= 0.6 is 0 Å². The van der Waals surface area contributed by atoms with Gasteiger partial charge in [-0.15, -0.1) is 0 Å². The highest BCUT2D eigenvalue weighted by Gasteiger charge is 2.33. The molecule has 0 radical (unpaired) electrons. The van der Waals surface area contributed by atoms with Crippen molar-refractivity contribution in [2.75, 3.05) is 17.2 Å². The van der Waals surface area contributed by atoms with Crippen molar-refractivity contribution in [3.05, 3.63) is 59.7 Å². The number of rotatable bonds is 4. The molecular formula is C16H15F3N2O. The van der Waals surface area contributed by atoms with E-state index in [0.717, 1.165) is 11.6 Å². The fourth-order valence-corrected chi connectivity index (χ4v) is 1.97. The first-order chi connectivity index (χ1) is 10.4. The van der Waals surface area contributed by atoms with Crippen LogP contribution in [-0.2, 0) is 11.0 Å². The van der Waals surface area contributed by atoms with Crippen molar-refractivity contribution in [1.29, 1.82) is 0 Å². The second kappa shape index (κ2) is 6.51. The number of hydrogen-bond acceptors (Lipinski definition) is 2. The fraction of sp³-hybridized carbons (Fsp3) is 0.188. The minimum Gasteiger partial charge on any atom is -0.376 e. The summed E-state index contributed by atoms with van der Waals surface area (Å²) >= 11 is 0. The van der Waals surface area contributed by atoms with E-state index in [2.05, 4.69) is 10.6 Å². The molecule has 116 valence electrons. The average molecular weight is 308 g/mol. The molecule has 2 aromatic rings. The Morgan fingerprint density at radius 1 is 1.00 bits per heavy atom. The molecular weight excluding hydrogens is 293 g/mol. The summed E-state index contributed by atoms with van der Waals surface area (Å²) in [5.74, 6) is -0.411. The van der Waals surface area contributed by atoms with E-state index in [1.54, 1.807) is 12.1 Å². The van der Waals surface area contributed by atoms with Crippen LogP contribution in [0.2, 0.25) is 0 Å². The van der Waals surface area contributed by atoms with Crippen molar-refractivity contribution < 1.29 is 18.0 Å². The number of anilines is 2. The van der Waals surface area contributed by atoms with Gasteiger partial charge in [-0.25, -0.2) is 0 Å². The zero-order valence-corrected chi connectivity index (χ0v) is 11.9. The van der Waals surface area contributed by atoms with Gasteiger partial charge in [0.2, 0.25) is 5.91 Å². The number of hydrogen-bond donors (Lipinski definition) is 2. The summed E-state index contributed by atoms with van der Waals surface area (Å²) in [5, 5.41) is 5.18. The molecule has 2 rings (SSSR count). The Morgan fingerprint density at radius 3 is 2.23 bits per heavy atom. The predicted octanol–water partition coefficient (Wildman–Crippen LogP) is 4.06. The van der Waals surface area contributed by atoms with Crippen molar-refractivity contribution in [1.82, 2.24) is 0 Å². The predicted molar refractivity (Wildman–Crippen MR) is 79.7 cm³/mol. The van der Waals surface area contributed by atoms with E-state index in [9.17, 15) is 18.0 Å². The molecule has 0 unspecified atom stereocenters. The van der Waals surface area contributed by atoms with Crippen LogP contribution in [0.3, 0.4) is 0 Å². The molecule has 0 atom stereocenters. The molecule has 1 amide bonds. The summed E-state index contributed by atoms with van der Waals surface area (Å²) in [6, 6.07) is 12.2. The Kier molecular flexibility index (Phi) is 4.70. The number of benzene rings is 2. The topological polar surface area (TPSA) is 41.1 Å². The standard InChI is InChI=1S/C16H15F3N2O/c1-11-6-2-4-8-13(11)21-15(22)10-20-14-9-5-3-7-12(14)16(17,18)19/h2-9,20H,10H2,1H3,(H,21,22). The first-order valence-corrected chi connectivity index (χ1v) is 6.63. The molecule has 0 heterocycles. The second-order valence-corrected chi connectivity index (χ2v) is 4.76. The number of aryl methyl sites for hydroxylation is 1. The number of carbonyl (C=O) groups is 1. The van der Waals surface area contributed by atoms with Crippen molar-refractivity contribution in [2.24, 2.45) is 0 Å². The fourth-order valence-electron chi connectivity index (χ4n) is 1.97. The van der Waals surface area contributed by atoms with Crippen LogP contribution in [0.15, 0.2) is 48.5 Å². The maximum Gasteiger partial charge on any atom is 0.418 e. The molecule has 0 aromatic heterocycles. The van der Waals surface area contributed by atoms with E-state index in [4.69, 9.17) is 0 Å². The van der Waals surface area contributed by atoms with Gasteiger partial charge in [0.15, 0.2) is 0 Å². The SMILES string of the molecule is Cc1ccccc1NC(=O)CNc1ccccc1C(F)(F)F. The van der Waals surface area contributed by atoms with E-state index in [1.165, 1.54) is 18.2 Å². The molecule has 0 aliphatic rings. The maximum atomic E-state index is 12.8. The molecule has 0 saturated heterocycles. The second-order valence-electron chi connectivity index (χ2n) is 4.76. The third kappa shape index (κ3) is 4.00. The van der Waals surface area contributed by atoms with Gasteiger partial charge < -0.3 is 10.6 Å². The van der Waals surface area contributed by atoms with Gasteiger partial charge in [0.25, 0.3) is 0 Å². The molecule has 0 bridgehead atoms. The highest BCUT2D eigenvalue weighted by molar-refractivity contribution is 5.94. The van der Waals surface area contributed by atoms with Crippen LogP contribution in [0.5, 0.6) is 0 Å². The lowest BCUT2D eigenvalue weighted by Gasteiger charge is -2.14. The van der Waals surface area contributed by atoms with Gasteiger partial charge in [0, 0.05) is 11.4 Å². The Bertz CT molecular complexity index is 668. The summed E-state index contributed by atoms with van der Waals surface area (Å²) in [4.78, 5) is 11.8. The minimum absolute atomic E-state index is 0.116. The Morgan fingerprint density at radius 2 is 1.59 bits per heavy atom. The molecule has 2 N–H and O–H groups in total. The number of amides is 1. The summed E-state index contributed by atoms with van der Waals surface area (Å²) in [5.41, 5.74) is 0.610. The van der Waals surface area contributed by atoms with E-state index in [0.29, 0.717) is 5.69 Å². The Balaban J connectivity index is 2.02. The molecule has 0 fully saturated rings. The molecule has 0 aliphatic heterocycles. The molecule has 2 aromatic carbocycles. The van der Waals surface area contributed by atoms with Crippen LogP contribution in [0.4, 0.5) is 24.5 Å². The van der Waals surface area contributed by atoms with Gasteiger partial charge in [-0.2, -0.15) is 13.2 Å². The maximum absolute atomic E-state index is 12.8. The molecule has 3 nitrogen and oxygen atoms in total. The summed E-state index contributed by atoms with van der Waals surface area (Å²) < 4.78 is 38.5. The molecule has 0 aliphatic carbocycles. The first-order valence-electron chi connectivity index (χ1n) is 6.63. The van der Waals surface area contributed by atoms with E-state index < -0.39 is 17.6 Å². The quantitative estimate of drug-likeness (QED) is 0.894. The lowest BCUT2D eigenvalue weighted by atomic mass is 10.1. The molecule has 0 spiro atoms. The smallest absolute Gasteiger partial charge is 0.376 e. The Labute approximate surface area is 126 Å². The highest BCUT2D eigenvalue weighted by Crippen LogP contribution is 2.34.